The molecule has 1 fully saturated rings. The molecule has 1 aliphatic heterocycles. The normalized spacial score (nSPS) is 15.1. The highest BCUT2D eigenvalue weighted by molar-refractivity contribution is 7.22. The van der Waals surface area contributed by atoms with Crippen LogP contribution in [0.5, 0.6) is 0 Å². The molecule has 1 aliphatic rings. The highest BCUT2D eigenvalue weighted by Crippen LogP contribution is 2.32. The number of benzene rings is 1. The van der Waals surface area contributed by atoms with Crippen molar-refractivity contribution in [1.82, 2.24) is 19.7 Å². The number of rotatable bonds is 7. The molecular weight excluding hydrogens is 410 g/mol. The van der Waals surface area contributed by atoms with Crippen molar-refractivity contribution in [3.05, 3.63) is 41.2 Å². The van der Waals surface area contributed by atoms with Gasteiger partial charge < -0.3 is 4.74 Å². The first-order chi connectivity index (χ1) is 15.0. The van der Waals surface area contributed by atoms with Crippen LogP contribution in [0.1, 0.15) is 48.6 Å². The third-order valence-corrected chi connectivity index (χ3v) is 6.70. The van der Waals surface area contributed by atoms with E-state index in [0.717, 1.165) is 60.3 Å². The Bertz CT molecular complexity index is 1050. The molecule has 3 aromatic rings. The first-order valence-corrected chi connectivity index (χ1v) is 11.9. The van der Waals surface area contributed by atoms with Gasteiger partial charge in [-0.25, -0.2) is 4.98 Å². The van der Waals surface area contributed by atoms with Gasteiger partial charge in [0, 0.05) is 32.2 Å². The van der Waals surface area contributed by atoms with Crippen molar-refractivity contribution < 1.29 is 9.53 Å². The third kappa shape index (κ3) is 4.66. The van der Waals surface area contributed by atoms with Gasteiger partial charge in [-0.15, -0.1) is 0 Å². The predicted molar refractivity (Wildman–Crippen MR) is 125 cm³/mol. The Morgan fingerprint density at radius 2 is 2.06 bits per heavy atom. The maximum atomic E-state index is 13.8. The molecule has 0 saturated carbocycles. The highest BCUT2D eigenvalue weighted by Gasteiger charge is 2.27. The molecule has 0 N–H and O–H groups in total. The summed E-state index contributed by atoms with van der Waals surface area (Å²) in [6.07, 6.45) is 0.918. The number of anilines is 1. The summed E-state index contributed by atoms with van der Waals surface area (Å²) >= 11 is 1.59. The average molecular weight is 442 g/mol. The quantitative estimate of drug-likeness (QED) is 0.556. The number of ether oxygens (including phenoxy) is 1. The molecule has 3 heterocycles. The minimum Gasteiger partial charge on any atom is -0.379 e. The Hall–Kier alpha value is -2.29. The summed E-state index contributed by atoms with van der Waals surface area (Å²) < 4.78 is 8.42. The summed E-state index contributed by atoms with van der Waals surface area (Å²) in [5, 5.41) is 5.31. The van der Waals surface area contributed by atoms with Crippen LogP contribution in [0.15, 0.2) is 24.3 Å². The van der Waals surface area contributed by atoms with Gasteiger partial charge in [0.1, 0.15) is 5.69 Å². The van der Waals surface area contributed by atoms with Crippen molar-refractivity contribution >= 4 is 32.6 Å². The summed E-state index contributed by atoms with van der Waals surface area (Å²) in [5.41, 5.74) is 3.68. The van der Waals surface area contributed by atoms with Crippen LogP contribution in [-0.4, -0.2) is 65.0 Å². The van der Waals surface area contributed by atoms with Crippen molar-refractivity contribution in [2.24, 2.45) is 0 Å². The largest absolute Gasteiger partial charge is 0.379 e. The van der Waals surface area contributed by atoms with E-state index >= 15 is 0 Å². The lowest BCUT2D eigenvalue weighted by Gasteiger charge is -2.29. The van der Waals surface area contributed by atoms with E-state index in [-0.39, 0.29) is 11.9 Å². The van der Waals surface area contributed by atoms with Gasteiger partial charge >= 0.3 is 0 Å². The summed E-state index contributed by atoms with van der Waals surface area (Å²) in [6.45, 7) is 12.8. The van der Waals surface area contributed by atoms with E-state index in [0.29, 0.717) is 12.2 Å². The van der Waals surface area contributed by atoms with Crippen LogP contribution in [0, 0.1) is 6.92 Å². The third-order valence-electron chi connectivity index (χ3n) is 5.66. The topological polar surface area (TPSA) is 63.5 Å². The average Bonchev–Trinajstić information content (AvgIpc) is 3.38. The van der Waals surface area contributed by atoms with Crippen LogP contribution in [0.3, 0.4) is 0 Å². The van der Waals surface area contributed by atoms with Crippen LogP contribution in [-0.2, 0) is 11.2 Å². The molecule has 0 unspecified atom stereocenters. The number of amides is 1. The van der Waals surface area contributed by atoms with E-state index in [1.807, 2.05) is 36.4 Å². The van der Waals surface area contributed by atoms with E-state index in [1.165, 1.54) is 5.56 Å². The van der Waals surface area contributed by atoms with Gasteiger partial charge in [0.2, 0.25) is 0 Å². The van der Waals surface area contributed by atoms with E-state index in [2.05, 4.69) is 35.1 Å². The Morgan fingerprint density at radius 3 is 2.77 bits per heavy atom. The van der Waals surface area contributed by atoms with E-state index in [1.54, 1.807) is 11.3 Å². The zero-order chi connectivity index (χ0) is 22.0. The summed E-state index contributed by atoms with van der Waals surface area (Å²) in [4.78, 5) is 22.9. The van der Waals surface area contributed by atoms with Gasteiger partial charge in [0.15, 0.2) is 5.13 Å². The number of nitrogens with zero attached hydrogens (tertiary/aromatic N) is 5. The number of thiazole rings is 1. The molecule has 4 rings (SSSR count). The Kier molecular flexibility index (Phi) is 6.69. The van der Waals surface area contributed by atoms with E-state index in [9.17, 15) is 4.79 Å². The molecule has 2 aromatic heterocycles. The molecular formula is C23H31N5O2S. The smallest absolute Gasteiger partial charge is 0.278 e. The van der Waals surface area contributed by atoms with E-state index in [4.69, 9.17) is 9.72 Å². The van der Waals surface area contributed by atoms with Gasteiger partial charge in [-0.05, 0) is 44.9 Å². The molecule has 7 nitrogen and oxygen atoms in total. The molecule has 0 bridgehead atoms. The summed E-state index contributed by atoms with van der Waals surface area (Å²) in [6, 6.07) is 8.26. The number of hydrogen-bond donors (Lipinski definition) is 0. The second-order valence-corrected chi connectivity index (χ2v) is 9.24. The fourth-order valence-electron chi connectivity index (χ4n) is 3.95. The van der Waals surface area contributed by atoms with Crippen molar-refractivity contribution in [1.29, 1.82) is 0 Å². The van der Waals surface area contributed by atoms with Crippen molar-refractivity contribution in [2.45, 2.75) is 40.2 Å². The predicted octanol–water partition coefficient (Wildman–Crippen LogP) is 3.92. The van der Waals surface area contributed by atoms with Crippen molar-refractivity contribution in [3.63, 3.8) is 0 Å². The Morgan fingerprint density at radius 1 is 1.29 bits per heavy atom. The lowest BCUT2D eigenvalue weighted by atomic mass is 10.1. The lowest BCUT2D eigenvalue weighted by Crippen LogP contribution is -2.43. The van der Waals surface area contributed by atoms with Gasteiger partial charge in [-0.3, -0.25) is 19.3 Å². The van der Waals surface area contributed by atoms with Crippen LogP contribution < -0.4 is 4.90 Å². The molecule has 31 heavy (non-hydrogen) atoms. The Labute approximate surface area is 187 Å². The molecule has 1 amide bonds. The number of morpholine rings is 1. The SMILES string of the molecule is CCc1cccc2sc(N(CCN3CCOCC3)C(=O)c3cc(C)nn3C(C)C)nc12. The van der Waals surface area contributed by atoms with Crippen LogP contribution >= 0.6 is 11.3 Å². The standard InChI is InChI=1S/C23H31N5O2S/c1-5-18-7-6-8-20-21(18)24-23(31-20)27(10-9-26-11-13-30-14-12-26)22(29)19-15-17(4)25-28(19)16(2)3/h6-8,15-16H,5,9-14H2,1-4H3. The lowest BCUT2D eigenvalue weighted by molar-refractivity contribution is 0.0391. The van der Waals surface area contributed by atoms with Crippen LogP contribution in [0.4, 0.5) is 5.13 Å². The number of para-hydroxylation sites is 1. The second kappa shape index (κ2) is 9.46. The first-order valence-electron chi connectivity index (χ1n) is 11.0. The maximum Gasteiger partial charge on any atom is 0.278 e. The molecule has 166 valence electrons. The monoisotopic (exact) mass is 441 g/mol. The summed E-state index contributed by atoms with van der Waals surface area (Å²) in [5.74, 6) is -0.0420. The Balaban J connectivity index is 1.70. The van der Waals surface area contributed by atoms with Gasteiger partial charge in [0.25, 0.3) is 5.91 Å². The highest BCUT2D eigenvalue weighted by atomic mass is 32.1. The molecule has 8 heteroatoms. The number of fused-ring (bicyclic) bond motifs is 1. The zero-order valence-electron chi connectivity index (χ0n) is 18.8. The van der Waals surface area contributed by atoms with Gasteiger partial charge in [0.05, 0.1) is 29.1 Å². The number of aryl methyl sites for hydroxylation is 2. The molecule has 0 radical (unpaired) electrons. The molecule has 0 atom stereocenters. The van der Waals surface area contributed by atoms with Crippen molar-refractivity contribution in [2.75, 3.05) is 44.3 Å². The molecule has 1 saturated heterocycles. The fourth-order valence-corrected chi connectivity index (χ4v) is 4.99. The van der Waals surface area contributed by atoms with Crippen LogP contribution in [0.25, 0.3) is 10.2 Å². The number of aromatic nitrogens is 3. The fraction of sp³-hybridized carbons (Fsp3) is 0.522. The maximum absolute atomic E-state index is 13.8. The molecule has 0 spiro atoms. The number of hydrogen-bond acceptors (Lipinski definition) is 6. The molecule has 0 aliphatic carbocycles. The minimum atomic E-state index is -0.0420. The van der Waals surface area contributed by atoms with Crippen LogP contribution in [0.2, 0.25) is 0 Å². The second-order valence-electron chi connectivity index (χ2n) is 8.23. The van der Waals surface area contributed by atoms with Crippen molar-refractivity contribution in [3.8, 4) is 0 Å². The first kappa shape index (κ1) is 21.9. The number of carbonyl (C=O) groups is 1. The molecule has 1 aromatic carbocycles. The van der Waals surface area contributed by atoms with Gasteiger partial charge in [-0.2, -0.15) is 5.10 Å². The number of carbonyl (C=O) groups excluding carboxylic acids is 1. The van der Waals surface area contributed by atoms with E-state index < -0.39 is 0 Å². The summed E-state index contributed by atoms with van der Waals surface area (Å²) in [7, 11) is 0. The van der Waals surface area contributed by atoms with Gasteiger partial charge in [-0.1, -0.05) is 30.4 Å². The minimum absolute atomic E-state index is 0.0420. The zero-order valence-corrected chi connectivity index (χ0v) is 19.6.